The first-order valence-corrected chi connectivity index (χ1v) is 7.20. The molecule has 92 valence electrons. The molecule has 0 heterocycles. The lowest BCUT2D eigenvalue weighted by Crippen LogP contribution is -2.30. The molecule has 1 aliphatic carbocycles. The molecule has 1 fully saturated rings. The highest BCUT2D eigenvalue weighted by Gasteiger charge is 2.22. The lowest BCUT2D eigenvalue weighted by molar-refractivity contribution is 0.412. The molecule has 2 rings (SSSR count). The fraction of sp³-hybridized carbons (Fsp3) is 0.364. The minimum atomic E-state index is 0.547. The highest BCUT2D eigenvalue weighted by atomic mass is 79.9. The molecule has 0 unspecified atom stereocenters. The van der Waals surface area contributed by atoms with Crippen molar-refractivity contribution in [3.05, 3.63) is 21.1 Å². The quantitative estimate of drug-likeness (QED) is 0.785. The van der Waals surface area contributed by atoms with Gasteiger partial charge in [-0.15, -0.1) is 0 Å². The highest BCUT2D eigenvalue weighted by molar-refractivity contribution is 9.11. The Morgan fingerprint density at radius 1 is 1.35 bits per heavy atom. The van der Waals surface area contributed by atoms with E-state index in [4.69, 9.17) is 17.0 Å². The van der Waals surface area contributed by atoms with Gasteiger partial charge >= 0.3 is 0 Å². The summed E-state index contributed by atoms with van der Waals surface area (Å²) in [5, 5.41) is 7.04. The topological polar surface area (TPSA) is 33.3 Å². The molecule has 0 aromatic heterocycles. The van der Waals surface area contributed by atoms with E-state index < -0.39 is 0 Å². The summed E-state index contributed by atoms with van der Waals surface area (Å²) in [7, 11) is 1.64. The molecule has 0 spiro atoms. The molecular formula is C11H12Br2N2OS. The van der Waals surface area contributed by atoms with E-state index in [0.29, 0.717) is 11.2 Å². The van der Waals surface area contributed by atoms with Crippen molar-refractivity contribution in [2.75, 3.05) is 12.4 Å². The number of thiocarbonyl (C=S) groups is 1. The minimum absolute atomic E-state index is 0.547. The van der Waals surface area contributed by atoms with Crippen molar-refractivity contribution in [1.29, 1.82) is 0 Å². The van der Waals surface area contributed by atoms with Crippen LogP contribution < -0.4 is 15.4 Å². The van der Waals surface area contributed by atoms with Crippen molar-refractivity contribution in [3.8, 4) is 5.75 Å². The fourth-order valence-electron chi connectivity index (χ4n) is 1.35. The van der Waals surface area contributed by atoms with Gasteiger partial charge < -0.3 is 15.4 Å². The largest absolute Gasteiger partial charge is 0.495 e. The number of nitrogens with one attached hydrogen (secondary N) is 2. The molecule has 1 aliphatic rings. The highest BCUT2D eigenvalue weighted by Crippen LogP contribution is 2.34. The van der Waals surface area contributed by atoms with Gasteiger partial charge in [0.1, 0.15) is 5.75 Å². The van der Waals surface area contributed by atoms with Gasteiger partial charge in [0.05, 0.1) is 17.3 Å². The van der Waals surface area contributed by atoms with Gasteiger partial charge in [0.2, 0.25) is 0 Å². The van der Waals surface area contributed by atoms with Crippen LogP contribution in [0.4, 0.5) is 5.69 Å². The van der Waals surface area contributed by atoms with Gasteiger partial charge in [-0.25, -0.2) is 0 Å². The van der Waals surface area contributed by atoms with Crippen LogP contribution >= 0.6 is 44.1 Å². The third-order valence-electron chi connectivity index (χ3n) is 2.40. The van der Waals surface area contributed by atoms with E-state index in [2.05, 4.69) is 42.5 Å². The first-order chi connectivity index (χ1) is 8.10. The van der Waals surface area contributed by atoms with Crippen LogP contribution in [0, 0.1) is 0 Å². The van der Waals surface area contributed by atoms with Gasteiger partial charge in [-0.2, -0.15) is 0 Å². The molecule has 0 amide bonds. The summed E-state index contributed by atoms with van der Waals surface area (Å²) in [5.41, 5.74) is 0.892. The lowest BCUT2D eigenvalue weighted by atomic mass is 10.3. The molecule has 0 saturated heterocycles. The number of halogens is 2. The molecule has 0 aliphatic heterocycles. The molecule has 1 aromatic rings. The van der Waals surface area contributed by atoms with Gasteiger partial charge in [-0.1, -0.05) is 0 Å². The summed E-state index contributed by atoms with van der Waals surface area (Å²) in [5.74, 6) is 0.768. The Morgan fingerprint density at radius 2 is 2.06 bits per heavy atom. The van der Waals surface area contributed by atoms with Gasteiger partial charge in [0.15, 0.2) is 5.11 Å². The van der Waals surface area contributed by atoms with Crippen LogP contribution in [0.2, 0.25) is 0 Å². The third-order valence-corrected chi connectivity index (χ3v) is 3.90. The molecule has 1 aromatic carbocycles. The van der Waals surface area contributed by atoms with E-state index in [1.165, 1.54) is 12.8 Å². The number of methoxy groups -OCH3 is 1. The molecule has 0 atom stereocenters. The number of rotatable bonds is 3. The van der Waals surface area contributed by atoms with Crippen molar-refractivity contribution >= 4 is 54.9 Å². The zero-order valence-electron chi connectivity index (χ0n) is 9.22. The molecule has 2 N–H and O–H groups in total. The molecule has 0 bridgehead atoms. The van der Waals surface area contributed by atoms with E-state index in [9.17, 15) is 0 Å². The first-order valence-electron chi connectivity index (χ1n) is 5.20. The predicted octanol–water partition coefficient (Wildman–Crippen LogP) is 3.67. The summed E-state index contributed by atoms with van der Waals surface area (Å²) in [6.45, 7) is 0. The maximum atomic E-state index is 5.24. The van der Waals surface area contributed by atoms with Crippen LogP contribution in [-0.4, -0.2) is 18.3 Å². The van der Waals surface area contributed by atoms with Crippen molar-refractivity contribution in [2.45, 2.75) is 18.9 Å². The minimum Gasteiger partial charge on any atom is -0.495 e. The fourth-order valence-corrected chi connectivity index (χ4v) is 2.88. The molecule has 0 radical (unpaired) electrons. The zero-order valence-corrected chi connectivity index (χ0v) is 13.2. The van der Waals surface area contributed by atoms with E-state index in [0.717, 1.165) is 20.4 Å². The standard InChI is InChI=1S/C11H12Br2N2OS/c1-16-10-5-9(7(12)4-8(10)13)15-11(17)14-6-2-3-6/h4-6H,2-3H2,1H3,(H2,14,15,17). The second-order valence-electron chi connectivity index (χ2n) is 3.84. The third kappa shape index (κ3) is 3.56. The molecule has 6 heteroatoms. The van der Waals surface area contributed by atoms with E-state index >= 15 is 0 Å². The van der Waals surface area contributed by atoms with Crippen LogP contribution in [0.5, 0.6) is 5.75 Å². The van der Waals surface area contributed by atoms with Gasteiger partial charge in [-0.3, -0.25) is 0 Å². The molecule has 1 saturated carbocycles. The Labute approximate surface area is 123 Å². The van der Waals surface area contributed by atoms with E-state index in [1.807, 2.05) is 12.1 Å². The van der Waals surface area contributed by atoms with Crippen molar-refractivity contribution in [1.82, 2.24) is 5.32 Å². The summed E-state index contributed by atoms with van der Waals surface area (Å²) < 4.78 is 7.08. The Balaban J connectivity index is 2.10. The van der Waals surface area contributed by atoms with Crippen LogP contribution in [0.15, 0.2) is 21.1 Å². The predicted molar refractivity (Wildman–Crippen MR) is 80.8 cm³/mol. The van der Waals surface area contributed by atoms with E-state index in [-0.39, 0.29) is 0 Å². The Kier molecular flexibility index (Phi) is 4.27. The summed E-state index contributed by atoms with van der Waals surface area (Å²) >= 11 is 12.1. The monoisotopic (exact) mass is 378 g/mol. The number of anilines is 1. The normalized spacial score (nSPS) is 14.3. The molecular weight excluding hydrogens is 368 g/mol. The summed E-state index contributed by atoms with van der Waals surface area (Å²) in [6, 6.07) is 4.38. The second kappa shape index (κ2) is 5.54. The average Bonchev–Trinajstić information content (AvgIpc) is 3.06. The lowest BCUT2D eigenvalue weighted by Gasteiger charge is -2.13. The zero-order chi connectivity index (χ0) is 12.4. The van der Waals surface area contributed by atoms with Crippen LogP contribution in [0.25, 0.3) is 0 Å². The van der Waals surface area contributed by atoms with Crippen LogP contribution in [0.1, 0.15) is 12.8 Å². The van der Waals surface area contributed by atoms with Crippen molar-refractivity contribution in [2.24, 2.45) is 0 Å². The number of ether oxygens (including phenoxy) is 1. The van der Waals surface area contributed by atoms with Crippen LogP contribution in [-0.2, 0) is 0 Å². The number of benzene rings is 1. The number of hydrogen-bond acceptors (Lipinski definition) is 2. The maximum absolute atomic E-state index is 5.24. The van der Waals surface area contributed by atoms with Gasteiger partial charge in [0.25, 0.3) is 0 Å². The van der Waals surface area contributed by atoms with Crippen molar-refractivity contribution < 1.29 is 4.74 Å². The maximum Gasteiger partial charge on any atom is 0.171 e. The Hall–Kier alpha value is -0.330. The van der Waals surface area contributed by atoms with E-state index in [1.54, 1.807) is 7.11 Å². The molecule has 17 heavy (non-hydrogen) atoms. The van der Waals surface area contributed by atoms with Crippen molar-refractivity contribution in [3.63, 3.8) is 0 Å². The first kappa shape index (κ1) is 13.1. The van der Waals surface area contributed by atoms with Crippen LogP contribution in [0.3, 0.4) is 0 Å². The number of hydrogen-bond donors (Lipinski definition) is 2. The van der Waals surface area contributed by atoms with Gasteiger partial charge in [-0.05, 0) is 63.0 Å². The second-order valence-corrected chi connectivity index (χ2v) is 5.96. The Bertz CT molecular complexity index is 449. The summed E-state index contributed by atoms with van der Waals surface area (Å²) in [6.07, 6.45) is 2.40. The SMILES string of the molecule is COc1cc(NC(=S)NC2CC2)c(Br)cc1Br. The Morgan fingerprint density at radius 3 is 2.65 bits per heavy atom. The average molecular weight is 380 g/mol. The van der Waals surface area contributed by atoms with Gasteiger partial charge in [0, 0.05) is 16.6 Å². The smallest absolute Gasteiger partial charge is 0.171 e. The summed E-state index contributed by atoms with van der Waals surface area (Å²) in [4.78, 5) is 0. The molecule has 3 nitrogen and oxygen atoms in total.